The molecule has 56 valence electrons. The van der Waals surface area contributed by atoms with Crippen molar-refractivity contribution in [2.75, 3.05) is 11.5 Å². The summed E-state index contributed by atoms with van der Waals surface area (Å²) in [5.41, 5.74) is 0. The zero-order valence-corrected chi connectivity index (χ0v) is 7.64. The van der Waals surface area contributed by atoms with Crippen LogP contribution >= 0.6 is 23.5 Å². The predicted molar refractivity (Wildman–Crippen MR) is 54.5 cm³/mol. The average Bonchev–Trinajstić information content (AvgIpc) is 1.97. The summed E-state index contributed by atoms with van der Waals surface area (Å²) in [6, 6.07) is 0. The van der Waals surface area contributed by atoms with E-state index in [2.05, 4.69) is 19.7 Å². The molecule has 0 amide bonds. The van der Waals surface area contributed by atoms with Gasteiger partial charge in [0.05, 0.1) is 0 Å². The molecule has 0 fully saturated rings. The molecular weight excluding hydrogens is 160 g/mol. The summed E-state index contributed by atoms with van der Waals surface area (Å²) in [5, 5.41) is 0. The fourth-order valence-corrected chi connectivity index (χ4v) is 1.69. The standard InChI is InChI=1S/C8H12S2/c1-4-6-9-8(3)10-7-5-2/h4-5H,1-3,6-7H2. The quantitative estimate of drug-likeness (QED) is 0.564. The average molecular weight is 172 g/mol. The van der Waals surface area contributed by atoms with Gasteiger partial charge >= 0.3 is 0 Å². The predicted octanol–water partition coefficient (Wildman–Crippen LogP) is 3.30. The molecule has 0 nitrogen and oxygen atoms in total. The highest BCUT2D eigenvalue weighted by molar-refractivity contribution is 8.22. The largest absolute Gasteiger partial charge is 0.116 e. The van der Waals surface area contributed by atoms with Gasteiger partial charge in [0.2, 0.25) is 0 Å². The smallest absolute Gasteiger partial charge is 0.0334 e. The molecule has 0 atom stereocenters. The topological polar surface area (TPSA) is 0 Å². The molecular formula is C8H12S2. The Hall–Kier alpha value is -0.0800. The second-order valence-corrected chi connectivity index (χ2v) is 4.06. The minimum absolute atomic E-state index is 0.947. The van der Waals surface area contributed by atoms with Gasteiger partial charge in [-0.2, -0.15) is 0 Å². The molecule has 0 radical (unpaired) electrons. The minimum Gasteiger partial charge on any atom is -0.116 e. The lowest BCUT2D eigenvalue weighted by Crippen LogP contribution is -1.72. The van der Waals surface area contributed by atoms with E-state index in [1.165, 1.54) is 0 Å². The van der Waals surface area contributed by atoms with E-state index in [9.17, 15) is 0 Å². The Labute approximate surface area is 71.5 Å². The second kappa shape index (κ2) is 7.03. The lowest BCUT2D eigenvalue weighted by Gasteiger charge is -1.98. The summed E-state index contributed by atoms with van der Waals surface area (Å²) in [4.78, 5) is 0. The van der Waals surface area contributed by atoms with Crippen molar-refractivity contribution in [1.29, 1.82) is 0 Å². The number of hydrogen-bond donors (Lipinski definition) is 0. The Balaban J connectivity index is 3.24. The summed E-state index contributed by atoms with van der Waals surface area (Å²) >= 11 is 3.44. The zero-order valence-electron chi connectivity index (χ0n) is 6.01. The highest BCUT2D eigenvalue weighted by Gasteiger charge is 1.90. The van der Waals surface area contributed by atoms with Gasteiger partial charge in [-0.3, -0.25) is 0 Å². The molecule has 0 aromatic rings. The third-order valence-corrected chi connectivity index (χ3v) is 2.88. The van der Waals surface area contributed by atoms with Crippen LogP contribution in [0.2, 0.25) is 0 Å². The first-order valence-electron chi connectivity index (χ1n) is 2.97. The summed E-state index contributed by atoms with van der Waals surface area (Å²) in [5.74, 6) is 1.89. The molecule has 0 saturated heterocycles. The van der Waals surface area contributed by atoms with Crippen molar-refractivity contribution in [3.05, 3.63) is 36.1 Å². The lowest BCUT2D eigenvalue weighted by atomic mass is 10.8. The van der Waals surface area contributed by atoms with Crippen molar-refractivity contribution in [2.24, 2.45) is 0 Å². The van der Waals surface area contributed by atoms with Crippen LogP contribution in [0.4, 0.5) is 0 Å². The molecule has 0 N–H and O–H groups in total. The number of thioether (sulfide) groups is 2. The fraction of sp³-hybridized carbons (Fsp3) is 0.250. The second-order valence-electron chi connectivity index (χ2n) is 1.57. The van der Waals surface area contributed by atoms with E-state index in [1.54, 1.807) is 23.5 Å². The van der Waals surface area contributed by atoms with Gasteiger partial charge in [-0.1, -0.05) is 18.7 Å². The Kier molecular flexibility index (Phi) is 6.98. The van der Waals surface area contributed by atoms with Gasteiger partial charge < -0.3 is 0 Å². The molecule has 0 aromatic heterocycles. The van der Waals surface area contributed by atoms with Crippen LogP contribution in [0.25, 0.3) is 0 Å². The number of rotatable bonds is 6. The fourth-order valence-electron chi connectivity index (χ4n) is 0.345. The van der Waals surface area contributed by atoms with Crippen LogP contribution < -0.4 is 0 Å². The van der Waals surface area contributed by atoms with Crippen LogP contribution in [0.1, 0.15) is 0 Å². The summed E-state index contributed by atoms with van der Waals surface area (Å²) in [7, 11) is 0. The third kappa shape index (κ3) is 6.05. The minimum atomic E-state index is 0.947. The van der Waals surface area contributed by atoms with Gasteiger partial charge in [0, 0.05) is 15.7 Å². The van der Waals surface area contributed by atoms with Crippen molar-refractivity contribution in [3.63, 3.8) is 0 Å². The molecule has 2 heteroatoms. The van der Waals surface area contributed by atoms with Gasteiger partial charge in [-0.15, -0.1) is 36.7 Å². The monoisotopic (exact) mass is 172 g/mol. The highest BCUT2D eigenvalue weighted by atomic mass is 32.2. The van der Waals surface area contributed by atoms with Crippen molar-refractivity contribution in [3.8, 4) is 0 Å². The van der Waals surface area contributed by atoms with Crippen LogP contribution in [0.5, 0.6) is 0 Å². The van der Waals surface area contributed by atoms with Crippen molar-refractivity contribution >= 4 is 23.5 Å². The van der Waals surface area contributed by atoms with E-state index in [4.69, 9.17) is 0 Å². The van der Waals surface area contributed by atoms with Crippen LogP contribution in [-0.2, 0) is 0 Å². The van der Waals surface area contributed by atoms with E-state index in [0.29, 0.717) is 0 Å². The molecule has 0 spiro atoms. The Bertz CT molecular complexity index is 113. The van der Waals surface area contributed by atoms with E-state index < -0.39 is 0 Å². The molecule has 0 rings (SSSR count). The SMILES string of the molecule is C=CCSC(=C)SCC=C. The van der Waals surface area contributed by atoms with Crippen LogP contribution in [0, 0.1) is 0 Å². The van der Waals surface area contributed by atoms with Gasteiger partial charge in [-0.25, -0.2) is 0 Å². The molecule has 0 aliphatic rings. The third-order valence-electron chi connectivity index (χ3n) is 0.724. The number of hydrogen-bond acceptors (Lipinski definition) is 2. The van der Waals surface area contributed by atoms with Crippen LogP contribution in [0.15, 0.2) is 36.1 Å². The molecule has 0 aliphatic heterocycles. The molecule has 0 unspecified atom stereocenters. The van der Waals surface area contributed by atoms with Gasteiger partial charge in [0.15, 0.2) is 0 Å². The van der Waals surface area contributed by atoms with Crippen LogP contribution in [0.3, 0.4) is 0 Å². The normalized spacial score (nSPS) is 8.80. The zero-order chi connectivity index (χ0) is 7.82. The summed E-state index contributed by atoms with van der Waals surface area (Å²) in [6.07, 6.45) is 3.76. The molecule has 0 saturated carbocycles. The summed E-state index contributed by atoms with van der Waals surface area (Å²) < 4.78 is 1.14. The Morgan fingerprint density at radius 2 is 1.50 bits per heavy atom. The van der Waals surface area contributed by atoms with Crippen LogP contribution in [-0.4, -0.2) is 11.5 Å². The van der Waals surface area contributed by atoms with Crippen molar-refractivity contribution < 1.29 is 0 Å². The molecule has 10 heavy (non-hydrogen) atoms. The molecule has 0 heterocycles. The molecule has 0 bridgehead atoms. The van der Waals surface area contributed by atoms with Crippen molar-refractivity contribution in [1.82, 2.24) is 0 Å². The summed E-state index contributed by atoms with van der Waals surface area (Å²) in [6.45, 7) is 11.1. The Morgan fingerprint density at radius 1 is 1.10 bits per heavy atom. The van der Waals surface area contributed by atoms with Gasteiger partial charge in [0.25, 0.3) is 0 Å². The first-order chi connectivity index (χ1) is 4.81. The van der Waals surface area contributed by atoms with Crippen molar-refractivity contribution in [2.45, 2.75) is 0 Å². The highest BCUT2D eigenvalue weighted by Crippen LogP contribution is 2.25. The van der Waals surface area contributed by atoms with Gasteiger partial charge in [0.1, 0.15) is 0 Å². The van der Waals surface area contributed by atoms with E-state index >= 15 is 0 Å². The maximum atomic E-state index is 3.86. The molecule has 0 aromatic carbocycles. The molecule has 0 aliphatic carbocycles. The first kappa shape index (κ1) is 9.92. The van der Waals surface area contributed by atoms with E-state index in [-0.39, 0.29) is 0 Å². The lowest BCUT2D eigenvalue weighted by molar-refractivity contribution is 1.81. The maximum absolute atomic E-state index is 3.86. The van der Waals surface area contributed by atoms with E-state index in [0.717, 1.165) is 15.7 Å². The van der Waals surface area contributed by atoms with E-state index in [1.807, 2.05) is 12.2 Å². The first-order valence-corrected chi connectivity index (χ1v) is 4.94. The maximum Gasteiger partial charge on any atom is 0.0334 e. The Morgan fingerprint density at radius 3 is 1.80 bits per heavy atom. The van der Waals surface area contributed by atoms with Gasteiger partial charge in [-0.05, 0) is 0 Å².